The van der Waals surface area contributed by atoms with Gasteiger partial charge in [-0.3, -0.25) is 4.79 Å². The molecule has 0 N–H and O–H groups in total. The van der Waals surface area contributed by atoms with Crippen molar-refractivity contribution < 1.29 is 23.7 Å². The molecule has 0 aliphatic carbocycles. The van der Waals surface area contributed by atoms with Gasteiger partial charge in [0.15, 0.2) is 17.3 Å². The highest BCUT2D eigenvalue weighted by Gasteiger charge is 2.13. The van der Waals surface area contributed by atoms with Gasteiger partial charge in [0.25, 0.3) is 0 Å². The van der Waals surface area contributed by atoms with Crippen molar-refractivity contribution in [2.75, 3.05) is 27.4 Å². The molecule has 0 spiro atoms. The Morgan fingerprint density at radius 3 is 2.48 bits per heavy atom. The average molecular weight is 370 g/mol. The largest absolute Gasteiger partial charge is 0.497 e. The number of para-hydroxylation sites is 1. The number of hydrogen-bond donors (Lipinski definition) is 0. The summed E-state index contributed by atoms with van der Waals surface area (Å²) in [5.41, 5.74) is 1.22. The summed E-state index contributed by atoms with van der Waals surface area (Å²) in [6.07, 6.45) is 4.11. The van der Waals surface area contributed by atoms with E-state index in [2.05, 4.69) is 0 Å². The Kier molecular flexibility index (Phi) is 7.74. The fraction of sp³-hybridized carbons (Fsp3) is 0.318. The first kappa shape index (κ1) is 20.4. The van der Waals surface area contributed by atoms with Gasteiger partial charge in [-0.15, -0.1) is 0 Å². The van der Waals surface area contributed by atoms with Gasteiger partial charge < -0.3 is 18.9 Å². The van der Waals surface area contributed by atoms with Crippen LogP contribution in [0.1, 0.15) is 36.2 Å². The van der Waals surface area contributed by atoms with Gasteiger partial charge in [0, 0.05) is 5.56 Å². The van der Waals surface area contributed by atoms with Crippen LogP contribution in [0.25, 0.3) is 6.08 Å². The summed E-state index contributed by atoms with van der Waals surface area (Å²) in [7, 11) is 3.09. The first-order valence-corrected chi connectivity index (χ1v) is 8.97. The van der Waals surface area contributed by atoms with E-state index in [4.69, 9.17) is 18.9 Å². The zero-order valence-electron chi connectivity index (χ0n) is 16.3. The van der Waals surface area contributed by atoms with E-state index in [-0.39, 0.29) is 5.78 Å². The Hall–Kier alpha value is -2.95. The molecule has 0 saturated heterocycles. The molecule has 0 unspecified atom stereocenters. The second-order valence-corrected chi connectivity index (χ2v) is 5.72. The predicted molar refractivity (Wildman–Crippen MR) is 106 cm³/mol. The summed E-state index contributed by atoms with van der Waals surface area (Å²) < 4.78 is 22.0. The Morgan fingerprint density at radius 2 is 1.81 bits per heavy atom. The van der Waals surface area contributed by atoms with E-state index >= 15 is 0 Å². The topological polar surface area (TPSA) is 54.0 Å². The van der Waals surface area contributed by atoms with Crippen LogP contribution in [0.15, 0.2) is 42.5 Å². The van der Waals surface area contributed by atoms with Crippen LogP contribution in [-0.2, 0) is 0 Å². The lowest BCUT2D eigenvalue weighted by Gasteiger charge is -2.14. The minimum atomic E-state index is -0.186. The fourth-order valence-electron chi connectivity index (χ4n) is 2.55. The Balaban J connectivity index is 2.34. The zero-order chi connectivity index (χ0) is 19.6. The van der Waals surface area contributed by atoms with Gasteiger partial charge in [0.1, 0.15) is 11.5 Å². The molecule has 5 nitrogen and oxygen atoms in total. The lowest BCUT2D eigenvalue weighted by Crippen LogP contribution is -2.02. The van der Waals surface area contributed by atoms with Gasteiger partial charge in [-0.2, -0.15) is 0 Å². The zero-order valence-corrected chi connectivity index (χ0v) is 16.3. The van der Waals surface area contributed by atoms with E-state index in [1.165, 1.54) is 13.2 Å². The van der Waals surface area contributed by atoms with E-state index < -0.39 is 0 Å². The summed E-state index contributed by atoms with van der Waals surface area (Å²) in [5.74, 6) is 2.21. The lowest BCUT2D eigenvalue weighted by atomic mass is 10.1. The van der Waals surface area contributed by atoms with Crippen LogP contribution in [-0.4, -0.2) is 33.2 Å². The molecule has 0 saturated carbocycles. The van der Waals surface area contributed by atoms with Gasteiger partial charge in [-0.1, -0.05) is 19.1 Å². The minimum absolute atomic E-state index is 0.186. The Labute approximate surface area is 160 Å². The molecule has 0 bridgehead atoms. The maximum absolute atomic E-state index is 12.7. The van der Waals surface area contributed by atoms with Gasteiger partial charge in [-0.05, 0) is 49.8 Å². The van der Waals surface area contributed by atoms with Crippen molar-refractivity contribution in [2.45, 2.75) is 20.3 Å². The van der Waals surface area contributed by atoms with Gasteiger partial charge >= 0.3 is 0 Å². The van der Waals surface area contributed by atoms with Crippen molar-refractivity contribution in [3.63, 3.8) is 0 Å². The number of ketones is 1. The van der Waals surface area contributed by atoms with Gasteiger partial charge in [-0.25, -0.2) is 0 Å². The molecule has 0 fully saturated rings. The first-order chi connectivity index (χ1) is 13.1. The van der Waals surface area contributed by atoms with E-state index in [0.29, 0.717) is 41.8 Å². The summed E-state index contributed by atoms with van der Waals surface area (Å²) >= 11 is 0. The van der Waals surface area contributed by atoms with E-state index in [1.54, 1.807) is 31.4 Å². The molecule has 0 amide bonds. The van der Waals surface area contributed by atoms with Crippen LogP contribution in [0.2, 0.25) is 0 Å². The normalized spacial score (nSPS) is 10.7. The fourth-order valence-corrected chi connectivity index (χ4v) is 2.55. The molecule has 5 heteroatoms. The molecule has 0 atom stereocenters. The van der Waals surface area contributed by atoms with Crippen molar-refractivity contribution in [1.29, 1.82) is 0 Å². The number of carbonyl (C=O) groups excluding carboxylic acids is 1. The molecular formula is C22H26O5. The van der Waals surface area contributed by atoms with Crippen LogP contribution in [0.3, 0.4) is 0 Å². The number of benzene rings is 2. The molecule has 0 aliphatic heterocycles. The Morgan fingerprint density at radius 1 is 1.00 bits per heavy atom. The third-order valence-corrected chi connectivity index (χ3v) is 3.85. The molecule has 2 aromatic rings. The smallest absolute Gasteiger partial charge is 0.189 e. The molecule has 2 rings (SSSR count). The van der Waals surface area contributed by atoms with Crippen molar-refractivity contribution in [3.05, 3.63) is 53.6 Å². The maximum atomic E-state index is 12.7. The van der Waals surface area contributed by atoms with E-state index in [9.17, 15) is 4.79 Å². The van der Waals surface area contributed by atoms with Gasteiger partial charge in [0.05, 0.1) is 33.0 Å². The standard InChI is InChI=1S/C22H26O5/c1-5-14-27-22-16(8-7-9-21(22)26-6-2)10-12-19(23)18-15-17(24-3)11-13-20(18)25-4/h7-13,15H,5-6,14H2,1-4H3/b12-10+. The monoisotopic (exact) mass is 370 g/mol. The number of allylic oxidation sites excluding steroid dienone is 1. The highest BCUT2D eigenvalue weighted by Crippen LogP contribution is 2.33. The maximum Gasteiger partial charge on any atom is 0.189 e. The quantitative estimate of drug-likeness (QED) is 0.445. The van der Waals surface area contributed by atoms with Crippen molar-refractivity contribution in [2.24, 2.45) is 0 Å². The van der Waals surface area contributed by atoms with Crippen molar-refractivity contribution >= 4 is 11.9 Å². The Bertz CT molecular complexity index is 795. The van der Waals surface area contributed by atoms with Crippen LogP contribution in [0.4, 0.5) is 0 Å². The molecule has 0 heterocycles. The number of rotatable bonds is 10. The average Bonchev–Trinajstić information content (AvgIpc) is 2.70. The predicted octanol–water partition coefficient (Wildman–Crippen LogP) is 4.79. The summed E-state index contributed by atoms with van der Waals surface area (Å²) in [5, 5.41) is 0. The highest BCUT2D eigenvalue weighted by molar-refractivity contribution is 6.09. The van der Waals surface area contributed by atoms with Gasteiger partial charge in [0.2, 0.25) is 0 Å². The minimum Gasteiger partial charge on any atom is -0.497 e. The van der Waals surface area contributed by atoms with Crippen molar-refractivity contribution in [1.82, 2.24) is 0 Å². The van der Waals surface area contributed by atoms with Crippen LogP contribution < -0.4 is 18.9 Å². The second-order valence-electron chi connectivity index (χ2n) is 5.72. The molecule has 0 aromatic heterocycles. The molecule has 27 heavy (non-hydrogen) atoms. The first-order valence-electron chi connectivity index (χ1n) is 8.97. The van der Waals surface area contributed by atoms with Crippen LogP contribution >= 0.6 is 0 Å². The van der Waals surface area contributed by atoms with Crippen LogP contribution in [0, 0.1) is 0 Å². The third-order valence-electron chi connectivity index (χ3n) is 3.85. The molecule has 0 aliphatic rings. The molecule has 144 valence electrons. The van der Waals surface area contributed by atoms with E-state index in [0.717, 1.165) is 12.0 Å². The summed E-state index contributed by atoms with van der Waals surface area (Å²) in [6, 6.07) is 10.8. The molecular weight excluding hydrogens is 344 g/mol. The number of hydrogen-bond acceptors (Lipinski definition) is 5. The lowest BCUT2D eigenvalue weighted by molar-refractivity contribution is 0.104. The SMILES string of the molecule is CCCOc1c(/C=C/C(=O)c2cc(OC)ccc2OC)cccc1OCC. The third kappa shape index (κ3) is 5.26. The van der Waals surface area contributed by atoms with Crippen molar-refractivity contribution in [3.8, 4) is 23.0 Å². The van der Waals surface area contributed by atoms with E-state index in [1.807, 2.05) is 32.0 Å². The number of carbonyl (C=O) groups is 1. The number of methoxy groups -OCH3 is 2. The summed E-state index contributed by atoms with van der Waals surface area (Å²) in [4.78, 5) is 12.7. The molecule has 2 aromatic carbocycles. The molecule has 0 radical (unpaired) electrons. The second kappa shape index (κ2) is 10.3. The van der Waals surface area contributed by atoms with Crippen LogP contribution in [0.5, 0.6) is 23.0 Å². The number of ether oxygens (including phenoxy) is 4. The highest BCUT2D eigenvalue weighted by atomic mass is 16.5. The summed E-state index contributed by atoms with van der Waals surface area (Å²) in [6.45, 7) is 5.07.